The van der Waals surface area contributed by atoms with E-state index in [4.69, 9.17) is 5.10 Å². The number of hydrogen-bond donors (Lipinski definition) is 1. The Hall–Kier alpha value is -2.99. The molecular weight excluding hydrogens is 513 g/mol. The molecule has 0 spiro atoms. The van der Waals surface area contributed by atoms with E-state index in [1.54, 1.807) is 6.07 Å². The minimum absolute atomic E-state index is 0.172. The van der Waals surface area contributed by atoms with Gasteiger partial charge in [-0.3, -0.25) is 9.48 Å². The fourth-order valence-corrected chi connectivity index (χ4v) is 7.75. The monoisotopic (exact) mass is 557 g/mol. The first-order valence-electron chi connectivity index (χ1n) is 15.8. The van der Waals surface area contributed by atoms with Crippen molar-refractivity contribution in [2.45, 2.75) is 76.7 Å². The van der Waals surface area contributed by atoms with Gasteiger partial charge in [0.2, 0.25) is 0 Å². The Bertz CT molecular complexity index is 1310. The minimum Gasteiger partial charge on any atom is -0.481 e. The Morgan fingerprint density at radius 1 is 1.02 bits per heavy atom. The van der Waals surface area contributed by atoms with Gasteiger partial charge in [0.05, 0.1) is 11.6 Å². The van der Waals surface area contributed by atoms with Crippen LogP contribution < -0.4 is 0 Å². The lowest BCUT2D eigenvalue weighted by Crippen LogP contribution is -2.37. The second kappa shape index (κ2) is 12.5. The van der Waals surface area contributed by atoms with E-state index in [0.717, 1.165) is 76.0 Å². The molecule has 6 heteroatoms. The number of piperidine rings is 1. The lowest BCUT2D eigenvalue weighted by Gasteiger charge is -2.35. The molecule has 1 N–H and O–H groups in total. The standard InChI is InChI=1S/C35H44FN3O2/c1-2-39-34(22-31(37-39)17-24-7-4-3-5-8-24)26-13-15-38(16-14-26)23-29-19-28(33(35(40)41)18-25-11-12-25)21-32(29)27-9-6-10-30(36)20-27/h3-10,20,22,25-26,28-29,32-33H,2,11-19,21,23H2,1H3,(H,40,41)/t28?,29?,32?,33-/m1/s1. The van der Waals surface area contributed by atoms with E-state index in [0.29, 0.717) is 17.8 Å². The number of hydrogen-bond acceptors (Lipinski definition) is 3. The van der Waals surface area contributed by atoms with Crippen LogP contribution in [0.2, 0.25) is 0 Å². The molecule has 0 bridgehead atoms. The molecule has 3 fully saturated rings. The molecule has 1 aliphatic heterocycles. The van der Waals surface area contributed by atoms with E-state index in [-0.39, 0.29) is 23.6 Å². The van der Waals surface area contributed by atoms with Crippen LogP contribution in [0.15, 0.2) is 60.7 Å². The molecule has 0 amide bonds. The molecule has 3 aliphatic rings. The Labute approximate surface area is 243 Å². The lowest BCUT2D eigenvalue weighted by atomic mass is 9.85. The number of nitrogens with zero attached hydrogens (tertiary/aromatic N) is 3. The Balaban J connectivity index is 1.12. The van der Waals surface area contributed by atoms with Crippen molar-refractivity contribution < 1.29 is 14.3 Å². The number of rotatable bonds is 11. The molecule has 41 heavy (non-hydrogen) atoms. The summed E-state index contributed by atoms with van der Waals surface area (Å²) in [5.41, 5.74) is 4.84. The molecule has 2 aliphatic carbocycles. The molecule has 6 rings (SSSR count). The van der Waals surface area contributed by atoms with Gasteiger partial charge >= 0.3 is 5.97 Å². The third kappa shape index (κ3) is 6.74. The summed E-state index contributed by atoms with van der Waals surface area (Å²) in [6.45, 7) is 6.10. The van der Waals surface area contributed by atoms with Gasteiger partial charge in [-0.15, -0.1) is 0 Å². The fourth-order valence-electron chi connectivity index (χ4n) is 7.75. The zero-order valence-electron chi connectivity index (χ0n) is 24.3. The zero-order valence-corrected chi connectivity index (χ0v) is 24.3. The molecule has 3 aromatic rings. The van der Waals surface area contributed by atoms with Crippen molar-refractivity contribution in [3.05, 3.63) is 89.0 Å². The maximum Gasteiger partial charge on any atom is 0.306 e. The SMILES string of the molecule is CCn1nc(Cc2ccccc2)cc1C1CCN(CC2CC([C@@H](CC3CC3)C(=O)O)CC2c2cccc(F)c2)CC1. The van der Waals surface area contributed by atoms with Gasteiger partial charge in [0, 0.05) is 31.1 Å². The average molecular weight is 558 g/mol. The van der Waals surface area contributed by atoms with Crippen molar-refractivity contribution in [1.29, 1.82) is 0 Å². The third-order valence-corrected chi connectivity index (χ3v) is 10.1. The Morgan fingerprint density at radius 2 is 1.80 bits per heavy atom. The number of aliphatic carboxylic acids is 1. The van der Waals surface area contributed by atoms with E-state index >= 15 is 0 Å². The number of carboxylic acid groups (broad SMARTS) is 1. The molecule has 2 heterocycles. The van der Waals surface area contributed by atoms with Crippen LogP contribution >= 0.6 is 0 Å². The third-order valence-electron chi connectivity index (χ3n) is 10.1. The Morgan fingerprint density at radius 3 is 2.49 bits per heavy atom. The summed E-state index contributed by atoms with van der Waals surface area (Å²) in [6, 6.07) is 19.9. The molecule has 5 nitrogen and oxygen atoms in total. The first-order valence-corrected chi connectivity index (χ1v) is 15.8. The first-order chi connectivity index (χ1) is 20.0. The summed E-state index contributed by atoms with van der Waals surface area (Å²) in [5, 5.41) is 15.0. The Kier molecular flexibility index (Phi) is 8.57. The van der Waals surface area contributed by atoms with Crippen molar-refractivity contribution in [3.8, 4) is 0 Å². The van der Waals surface area contributed by atoms with Crippen molar-refractivity contribution in [3.63, 3.8) is 0 Å². The normalized spacial score (nSPS) is 24.5. The molecule has 4 atom stereocenters. The number of halogens is 1. The van der Waals surface area contributed by atoms with Gasteiger partial charge in [-0.1, -0.05) is 55.3 Å². The maximum absolute atomic E-state index is 14.2. The predicted octanol–water partition coefficient (Wildman–Crippen LogP) is 7.12. The van der Waals surface area contributed by atoms with Gasteiger partial charge in [-0.25, -0.2) is 4.39 Å². The van der Waals surface area contributed by atoms with Gasteiger partial charge in [0.1, 0.15) is 5.82 Å². The van der Waals surface area contributed by atoms with Crippen LogP contribution in [0, 0.1) is 29.5 Å². The first kappa shape index (κ1) is 28.1. The van der Waals surface area contributed by atoms with Gasteiger partial charge in [0.15, 0.2) is 0 Å². The summed E-state index contributed by atoms with van der Waals surface area (Å²) in [4.78, 5) is 14.9. The summed E-state index contributed by atoms with van der Waals surface area (Å²) in [6.07, 6.45) is 8.02. The second-order valence-electron chi connectivity index (χ2n) is 12.9. The van der Waals surface area contributed by atoms with Crippen LogP contribution in [0.25, 0.3) is 0 Å². The van der Waals surface area contributed by atoms with Gasteiger partial charge in [-0.2, -0.15) is 5.10 Å². The van der Waals surface area contributed by atoms with E-state index in [9.17, 15) is 14.3 Å². The highest BCUT2D eigenvalue weighted by molar-refractivity contribution is 5.70. The molecule has 2 saturated carbocycles. The zero-order chi connectivity index (χ0) is 28.3. The van der Waals surface area contributed by atoms with Crippen molar-refractivity contribution in [2.75, 3.05) is 19.6 Å². The van der Waals surface area contributed by atoms with E-state index in [2.05, 4.69) is 52.9 Å². The predicted molar refractivity (Wildman–Crippen MR) is 159 cm³/mol. The molecule has 3 unspecified atom stereocenters. The molecule has 1 saturated heterocycles. The van der Waals surface area contributed by atoms with Crippen molar-refractivity contribution in [1.82, 2.24) is 14.7 Å². The summed E-state index contributed by atoms with van der Waals surface area (Å²) in [7, 11) is 0. The highest BCUT2D eigenvalue weighted by Gasteiger charge is 2.43. The van der Waals surface area contributed by atoms with Crippen LogP contribution in [0.1, 0.15) is 86.2 Å². The number of carboxylic acids is 1. The van der Waals surface area contributed by atoms with Gasteiger partial charge in [0.25, 0.3) is 0 Å². The van der Waals surface area contributed by atoms with Gasteiger partial charge in [-0.05, 0) is 105 Å². The summed E-state index contributed by atoms with van der Waals surface area (Å²) >= 11 is 0. The smallest absolute Gasteiger partial charge is 0.306 e. The number of aryl methyl sites for hydroxylation is 1. The highest BCUT2D eigenvalue weighted by Crippen LogP contribution is 2.49. The van der Waals surface area contributed by atoms with Crippen LogP contribution in [0.5, 0.6) is 0 Å². The van der Waals surface area contributed by atoms with Crippen LogP contribution in [0.4, 0.5) is 4.39 Å². The minimum atomic E-state index is -0.638. The summed E-state index contributed by atoms with van der Waals surface area (Å²) in [5.74, 6) is 0.743. The van der Waals surface area contributed by atoms with E-state index in [1.165, 1.54) is 30.2 Å². The number of carbonyl (C=O) groups is 1. The van der Waals surface area contributed by atoms with Crippen LogP contribution in [-0.2, 0) is 17.8 Å². The van der Waals surface area contributed by atoms with E-state index in [1.807, 2.05) is 12.1 Å². The second-order valence-corrected chi connectivity index (χ2v) is 12.9. The molecule has 1 aromatic heterocycles. The van der Waals surface area contributed by atoms with Crippen LogP contribution in [-0.4, -0.2) is 45.4 Å². The fraction of sp³-hybridized carbons (Fsp3) is 0.543. The molecule has 0 radical (unpaired) electrons. The number of likely N-dealkylation sites (tertiary alicyclic amines) is 1. The van der Waals surface area contributed by atoms with Crippen molar-refractivity contribution >= 4 is 5.97 Å². The van der Waals surface area contributed by atoms with E-state index < -0.39 is 5.97 Å². The largest absolute Gasteiger partial charge is 0.481 e. The van der Waals surface area contributed by atoms with Gasteiger partial charge < -0.3 is 10.0 Å². The summed E-state index contributed by atoms with van der Waals surface area (Å²) < 4.78 is 16.4. The van der Waals surface area contributed by atoms with Crippen molar-refractivity contribution in [2.24, 2.45) is 23.7 Å². The average Bonchev–Trinajstić information content (AvgIpc) is 3.57. The maximum atomic E-state index is 14.2. The quantitative estimate of drug-likeness (QED) is 0.273. The van der Waals surface area contributed by atoms with Crippen LogP contribution in [0.3, 0.4) is 0 Å². The number of benzene rings is 2. The lowest BCUT2D eigenvalue weighted by molar-refractivity contribution is -0.144. The molecule has 2 aromatic carbocycles. The topological polar surface area (TPSA) is 58.4 Å². The molecule has 218 valence electrons. The number of aromatic nitrogens is 2. The highest BCUT2D eigenvalue weighted by atomic mass is 19.1. The molecular formula is C35H44FN3O2.